The Kier molecular flexibility index (Phi) is 4.39. The van der Waals surface area contributed by atoms with Crippen LogP contribution in [0.15, 0.2) is 54.9 Å². The molecule has 0 aliphatic heterocycles. The minimum Gasteiger partial charge on any atom is -0.355 e. The Hall–Kier alpha value is -2.33. The summed E-state index contributed by atoms with van der Waals surface area (Å²) >= 11 is 6.05. The molecule has 0 bridgehead atoms. The summed E-state index contributed by atoms with van der Waals surface area (Å²) in [5.41, 5.74) is 2.72. The lowest BCUT2D eigenvalue weighted by atomic mass is 10.1. The Balaban J connectivity index is 1.52. The summed E-state index contributed by atoms with van der Waals surface area (Å²) < 4.78 is 1.97. The van der Waals surface area contributed by atoms with E-state index in [4.69, 9.17) is 11.6 Å². The molecule has 1 N–H and O–H groups in total. The smallest absolute Gasteiger partial charge is 0.224 e. The standard InChI is InChI=1S/C17H16ClN3O/c18-15-6-2-1-5-13(15)11-17(22)19-9-8-14-12-21-10-4-3-7-16(21)20-14/h1-7,10,12H,8-9,11H2,(H,19,22). The van der Waals surface area contributed by atoms with Gasteiger partial charge in [0, 0.05) is 30.4 Å². The van der Waals surface area contributed by atoms with E-state index in [2.05, 4.69) is 10.3 Å². The molecule has 0 saturated carbocycles. The zero-order chi connectivity index (χ0) is 15.4. The van der Waals surface area contributed by atoms with Crippen LogP contribution in [0.2, 0.25) is 5.02 Å². The van der Waals surface area contributed by atoms with E-state index < -0.39 is 0 Å². The topological polar surface area (TPSA) is 46.4 Å². The molecule has 2 aromatic heterocycles. The Labute approximate surface area is 133 Å². The quantitative estimate of drug-likeness (QED) is 0.787. The highest BCUT2D eigenvalue weighted by Crippen LogP contribution is 2.15. The van der Waals surface area contributed by atoms with E-state index in [9.17, 15) is 4.79 Å². The van der Waals surface area contributed by atoms with E-state index in [1.165, 1.54) is 0 Å². The number of imidazole rings is 1. The molecule has 5 heteroatoms. The Bertz CT molecular complexity index is 764. The summed E-state index contributed by atoms with van der Waals surface area (Å²) in [5, 5.41) is 3.53. The van der Waals surface area contributed by atoms with Crippen LogP contribution in [0.25, 0.3) is 5.65 Å². The molecule has 0 radical (unpaired) electrons. The first-order chi connectivity index (χ1) is 10.7. The van der Waals surface area contributed by atoms with Crippen molar-refractivity contribution in [3.8, 4) is 0 Å². The Morgan fingerprint density at radius 3 is 2.82 bits per heavy atom. The maximum atomic E-state index is 11.9. The number of hydrogen-bond donors (Lipinski definition) is 1. The lowest BCUT2D eigenvalue weighted by molar-refractivity contribution is -0.120. The molecule has 0 aliphatic carbocycles. The molecule has 22 heavy (non-hydrogen) atoms. The van der Waals surface area contributed by atoms with Crippen molar-refractivity contribution in [1.82, 2.24) is 14.7 Å². The lowest BCUT2D eigenvalue weighted by Crippen LogP contribution is -2.27. The monoisotopic (exact) mass is 313 g/mol. The molecule has 0 fully saturated rings. The summed E-state index contributed by atoms with van der Waals surface area (Å²) in [5.74, 6) is -0.0307. The molecule has 0 spiro atoms. The molecule has 2 heterocycles. The Morgan fingerprint density at radius 2 is 2.00 bits per heavy atom. The zero-order valence-electron chi connectivity index (χ0n) is 12.0. The average Bonchev–Trinajstić information content (AvgIpc) is 2.92. The van der Waals surface area contributed by atoms with E-state index in [1.807, 2.05) is 53.2 Å². The van der Waals surface area contributed by atoms with Gasteiger partial charge in [-0.25, -0.2) is 4.98 Å². The van der Waals surface area contributed by atoms with Crippen LogP contribution < -0.4 is 5.32 Å². The fraction of sp³-hybridized carbons (Fsp3) is 0.176. The van der Waals surface area contributed by atoms with Crippen LogP contribution in [0.3, 0.4) is 0 Å². The van der Waals surface area contributed by atoms with Crippen molar-refractivity contribution < 1.29 is 4.79 Å². The maximum Gasteiger partial charge on any atom is 0.224 e. The first kappa shape index (κ1) is 14.6. The molecule has 3 rings (SSSR count). The van der Waals surface area contributed by atoms with E-state index in [-0.39, 0.29) is 5.91 Å². The molecule has 0 saturated heterocycles. The molecular formula is C17H16ClN3O. The van der Waals surface area contributed by atoms with Crippen LogP contribution >= 0.6 is 11.6 Å². The van der Waals surface area contributed by atoms with Crippen LogP contribution in [-0.2, 0) is 17.6 Å². The number of carbonyl (C=O) groups is 1. The summed E-state index contributed by atoms with van der Waals surface area (Å²) in [6.45, 7) is 0.563. The highest BCUT2D eigenvalue weighted by atomic mass is 35.5. The summed E-state index contributed by atoms with van der Waals surface area (Å²) in [7, 11) is 0. The van der Waals surface area contributed by atoms with Crippen LogP contribution in [0.4, 0.5) is 0 Å². The fourth-order valence-corrected chi connectivity index (χ4v) is 2.52. The van der Waals surface area contributed by atoms with Gasteiger partial charge in [0.2, 0.25) is 5.91 Å². The largest absolute Gasteiger partial charge is 0.355 e. The molecule has 0 aliphatic rings. The minimum atomic E-state index is -0.0307. The van der Waals surface area contributed by atoms with Crippen molar-refractivity contribution >= 4 is 23.2 Å². The van der Waals surface area contributed by atoms with Gasteiger partial charge in [0.1, 0.15) is 5.65 Å². The molecule has 1 amide bonds. The van der Waals surface area contributed by atoms with Gasteiger partial charge in [-0.3, -0.25) is 4.79 Å². The van der Waals surface area contributed by atoms with Crippen molar-refractivity contribution in [2.24, 2.45) is 0 Å². The number of hydrogen-bond acceptors (Lipinski definition) is 2. The number of rotatable bonds is 5. The summed E-state index contributed by atoms with van der Waals surface area (Å²) in [6, 6.07) is 13.3. The fourth-order valence-electron chi connectivity index (χ4n) is 2.31. The van der Waals surface area contributed by atoms with Crippen molar-refractivity contribution in [3.63, 3.8) is 0 Å². The molecule has 0 unspecified atom stereocenters. The van der Waals surface area contributed by atoms with Gasteiger partial charge in [-0.05, 0) is 23.8 Å². The first-order valence-electron chi connectivity index (χ1n) is 7.15. The van der Waals surface area contributed by atoms with Crippen LogP contribution in [0, 0.1) is 0 Å². The molecule has 3 aromatic rings. The first-order valence-corrected chi connectivity index (χ1v) is 7.53. The minimum absolute atomic E-state index is 0.0307. The summed E-state index contributed by atoms with van der Waals surface area (Å²) in [6.07, 6.45) is 4.94. The lowest BCUT2D eigenvalue weighted by Gasteiger charge is -2.05. The van der Waals surface area contributed by atoms with E-state index in [0.717, 1.165) is 16.9 Å². The number of pyridine rings is 1. The number of carbonyl (C=O) groups excluding carboxylic acids is 1. The number of nitrogens with one attached hydrogen (secondary N) is 1. The predicted molar refractivity (Wildman–Crippen MR) is 87.1 cm³/mol. The number of aromatic nitrogens is 2. The number of halogens is 1. The van der Waals surface area contributed by atoms with Crippen LogP contribution in [-0.4, -0.2) is 21.8 Å². The van der Waals surface area contributed by atoms with Crippen molar-refractivity contribution in [1.29, 1.82) is 0 Å². The highest BCUT2D eigenvalue weighted by molar-refractivity contribution is 6.31. The van der Waals surface area contributed by atoms with Crippen molar-refractivity contribution in [2.45, 2.75) is 12.8 Å². The SMILES string of the molecule is O=C(Cc1ccccc1Cl)NCCc1cn2ccccc2n1. The van der Waals surface area contributed by atoms with E-state index in [1.54, 1.807) is 6.07 Å². The van der Waals surface area contributed by atoms with Crippen LogP contribution in [0.5, 0.6) is 0 Å². The van der Waals surface area contributed by atoms with E-state index in [0.29, 0.717) is 24.4 Å². The zero-order valence-corrected chi connectivity index (χ0v) is 12.8. The molecule has 4 nitrogen and oxygen atoms in total. The predicted octanol–water partition coefficient (Wildman–Crippen LogP) is 2.89. The van der Waals surface area contributed by atoms with Gasteiger partial charge in [-0.15, -0.1) is 0 Å². The van der Waals surface area contributed by atoms with Crippen molar-refractivity contribution in [2.75, 3.05) is 6.54 Å². The van der Waals surface area contributed by atoms with Gasteiger partial charge in [-0.1, -0.05) is 35.9 Å². The van der Waals surface area contributed by atoms with Gasteiger partial charge in [0.15, 0.2) is 0 Å². The number of amides is 1. The third-order valence-electron chi connectivity index (χ3n) is 3.43. The van der Waals surface area contributed by atoms with Gasteiger partial charge in [0.05, 0.1) is 12.1 Å². The third kappa shape index (κ3) is 3.46. The van der Waals surface area contributed by atoms with E-state index >= 15 is 0 Å². The van der Waals surface area contributed by atoms with Crippen molar-refractivity contribution in [3.05, 3.63) is 71.1 Å². The second kappa shape index (κ2) is 6.62. The second-order valence-electron chi connectivity index (χ2n) is 5.07. The molecular weight excluding hydrogens is 298 g/mol. The Morgan fingerprint density at radius 1 is 1.18 bits per heavy atom. The molecule has 1 aromatic carbocycles. The normalized spacial score (nSPS) is 10.8. The molecule has 112 valence electrons. The van der Waals surface area contributed by atoms with Crippen LogP contribution in [0.1, 0.15) is 11.3 Å². The number of benzene rings is 1. The number of nitrogens with zero attached hydrogens (tertiary/aromatic N) is 2. The molecule has 0 atom stereocenters. The van der Waals surface area contributed by atoms with Gasteiger partial charge in [0.25, 0.3) is 0 Å². The average molecular weight is 314 g/mol. The maximum absolute atomic E-state index is 11.9. The summed E-state index contributed by atoms with van der Waals surface area (Å²) in [4.78, 5) is 16.4. The second-order valence-corrected chi connectivity index (χ2v) is 5.47. The number of fused-ring (bicyclic) bond motifs is 1. The van der Waals surface area contributed by atoms with Gasteiger partial charge < -0.3 is 9.72 Å². The van der Waals surface area contributed by atoms with Gasteiger partial charge in [-0.2, -0.15) is 0 Å². The third-order valence-corrected chi connectivity index (χ3v) is 3.79. The highest BCUT2D eigenvalue weighted by Gasteiger charge is 2.07. The van der Waals surface area contributed by atoms with Gasteiger partial charge >= 0.3 is 0 Å².